The number of rotatable bonds is 8. The van der Waals surface area contributed by atoms with Gasteiger partial charge in [-0.15, -0.1) is 0 Å². The predicted molar refractivity (Wildman–Crippen MR) is 116 cm³/mol. The van der Waals surface area contributed by atoms with Crippen molar-refractivity contribution in [3.63, 3.8) is 0 Å². The standard InChI is InChI=1S/C23H26N4O/c1-3-4-6-9-18-12-14-19(15-13-18)17(2)26-27-23-24-21(16-22(28)25-23)20-10-7-5-8-11-20/h5,7-8,10-16H,3-4,6,9H2,1-2H3,(H2,24,25,27,28). The SMILES string of the molecule is CCCCCc1ccc(C(C)=NNc2nc(-c3ccccc3)cc(=O)[nH]2)cc1. The molecule has 0 unspecified atom stereocenters. The Morgan fingerprint density at radius 2 is 1.82 bits per heavy atom. The molecule has 0 atom stereocenters. The lowest BCUT2D eigenvalue weighted by molar-refractivity contribution is 0.717. The molecule has 0 saturated carbocycles. The Hall–Kier alpha value is -3.21. The Labute approximate surface area is 165 Å². The van der Waals surface area contributed by atoms with E-state index in [-0.39, 0.29) is 5.56 Å². The molecule has 0 aliphatic heterocycles. The smallest absolute Gasteiger partial charge is 0.252 e. The number of aromatic nitrogens is 2. The molecule has 5 nitrogen and oxygen atoms in total. The molecular weight excluding hydrogens is 348 g/mol. The van der Waals surface area contributed by atoms with Crippen LogP contribution in [0.15, 0.2) is 70.6 Å². The highest BCUT2D eigenvalue weighted by molar-refractivity contribution is 5.99. The predicted octanol–water partition coefficient (Wildman–Crippen LogP) is 5.01. The molecule has 5 heteroatoms. The van der Waals surface area contributed by atoms with Crippen molar-refractivity contribution >= 4 is 11.7 Å². The van der Waals surface area contributed by atoms with Crippen molar-refractivity contribution in [3.8, 4) is 11.3 Å². The van der Waals surface area contributed by atoms with Crippen molar-refractivity contribution in [2.24, 2.45) is 5.10 Å². The molecule has 144 valence electrons. The summed E-state index contributed by atoms with van der Waals surface area (Å²) in [6.07, 6.45) is 4.83. The van der Waals surface area contributed by atoms with Crippen LogP contribution >= 0.6 is 0 Å². The third kappa shape index (κ3) is 5.39. The lowest BCUT2D eigenvalue weighted by Crippen LogP contribution is -2.11. The fourth-order valence-electron chi connectivity index (χ4n) is 2.96. The number of hydrazone groups is 1. The average Bonchev–Trinajstić information content (AvgIpc) is 2.73. The van der Waals surface area contributed by atoms with E-state index in [2.05, 4.69) is 51.7 Å². The summed E-state index contributed by atoms with van der Waals surface area (Å²) in [5.74, 6) is 0.321. The van der Waals surface area contributed by atoms with Gasteiger partial charge in [0.2, 0.25) is 5.95 Å². The van der Waals surface area contributed by atoms with Gasteiger partial charge < -0.3 is 0 Å². The molecular formula is C23H26N4O. The van der Waals surface area contributed by atoms with Crippen LogP contribution in [0, 0.1) is 0 Å². The van der Waals surface area contributed by atoms with Crippen LogP contribution in [-0.2, 0) is 6.42 Å². The Bertz CT molecular complexity index is 975. The van der Waals surface area contributed by atoms with E-state index in [9.17, 15) is 4.79 Å². The summed E-state index contributed by atoms with van der Waals surface area (Å²) in [6, 6.07) is 19.5. The normalized spacial score (nSPS) is 11.4. The molecule has 0 fully saturated rings. The maximum atomic E-state index is 12.0. The largest absolute Gasteiger partial charge is 0.291 e. The molecule has 0 amide bonds. The lowest BCUT2D eigenvalue weighted by atomic mass is 10.0. The molecule has 0 bridgehead atoms. The second-order valence-corrected chi connectivity index (χ2v) is 6.81. The maximum Gasteiger partial charge on any atom is 0.252 e. The zero-order chi connectivity index (χ0) is 19.8. The number of nitrogens with one attached hydrogen (secondary N) is 2. The fraction of sp³-hybridized carbons (Fsp3) is 0.261. The van der Waals surface area contributed by atoms with Crippen molar-refractivity contribution in [1.29, 1.82) is 0 Å². The molecule has 2 aromatic carbocycles. The van der Waals surface area contributed by atoms with Gasteiger partial charge in [-0.1, -0.05) is 74.4 Å². The van der Waals surface area contributed by atoms with Gasteiger partial charge in [-0.2, -0.15) is 5.10 Å². The van der Waals surface area contributed by atoms with Crippen LogP contribution in [0.4, 0.5) is 5.95 Å². The minimum atomic E-state index is -0.222. The molecule has 0 aliphatic carbocycles. The second-order valence-electron chi connectivity index (χ2n) is 6.81. The first-order valence-electron chi connectivity index (χ1n) is 9.72. The van der Waals surface area contributed by atoms with Crippen molar-refractivity contribution < 1.29 is 0 Å². The number of hydrogen-bond acceptors (Lipinski definition) is 4. The van der Waals surface area contributed by atoms with Gasteiger partial charge in [0.05, 0.1) is 11.4 Å². The minimum Gasteiger partial charge on any atom is -0.291 e. The van der Waals surface area contributed by atoms with Crippen LogP contribution in [0.3, 0.4) is 0 Å². The Kier molecular flexibility index (Phi) is 6.73. The van der Waals surface area contributed by atoms with E-state index >= 15 is 0 Å². The van der Waals surface area contributed by atoms with E-state index in [0.717, 1.165) is 23.3 Å². The third-order valence-corrected chi connectivity index (χ3v) is 4.58. The Morgan fingerprint density at radius 1 is 1.07 bits per heavy atom. The van der Waals surface area contributed by atoms with Crippen LogP contribution in [0.5, 0.6) is 0 Å². The Balaban J connectivity index is 1.71. The molecule has 0 aliphatic rings. The van der Waals surface area contributed by atoms with Gasteiger partial charge in [0.25, 0.3) is 5.56 Å². The minimum absolute atomic E-state index is 0.222. The molecule has 0 radical (unpaired) electrons. The topological polar surface area (TPSA) is 70.1 Å². The summed E-state index contributed by atoms with van der Waals surface area (Å²) < 4.78 is 0. The number of aromatic amines is 1. The highest BCUT2D eigenvalue weighted by Crippen LogP contribution is 2.15. The highest BCUT2D eigenvalue weighted by atomic mass is 16.1. The summed E-state index contributed by atoms with van der Waals surface area (Å²) in [6.45, 7) is 4.14. The van der Waals surface area contributed by atoms with E-state index < -0.39 is 0 Å². The number of unbranched alkanes of at least 4 members (excludes halogenated alkanes) is 2. The summed E-state index contributed by atoms with van der Waals surface area (Å²) in [4.78, 5) is 19.1. The zero-order valence-electron chi connectivity index (χ0n) is 16.4. The summed E-state index contributed by atoms with van der Waals surface area (Å²) >= 11 is 0. The summed E-state index contributed by atoms with van der Waals surface area (Å²) in [5, 5.41) is 4.38. The molecule has 2 N–H and O–H groups in total. The first-order valence-corrected chi connectivity index (χ1v) is 9.72. The van der Waals surface area contributed by atoms with E-state index in [0.29, 0.717) is 11.6 Å². The molecule has 3 rings (SSSR count). The number of hydrogen-bond donors (Lipinski definition) is 2. The van der Waals surface area contributed by atoms with Crippen LogP contribution in [0.2, 0.25) is 0 Å². The summed E-state index contributed by atoms with van der Waals surface area (Å²) in [7, 11) is 0. The molecule has 3 aromatic rings. The number of anilines is 1. The number of aryl methyl sites for hydroxylation is 1. The highest BCUT2D eigenvalue weighted by Gasteiger charge is 2.04. The van der Waals surface area contributed by atoms with E-state index in [4.69, 9.17) is 0 Å². The number of benzene rings is 2. The number of nitrogens with zero attached hydrogens (tertiary/aromatic N) is 2. The van der Waals surface area contributed by atoms with Gasteiger partial charge in [0.15, 0.2) is 0 Å². The van der Waals surface area contributed by atoms with Gasteiger partial charge in [-0.05, 0) is 30.9 Å². The molecule has 1 heterocycles. The molecule has 0 spiro atoms. The van der Waals surface area contributed by atoms with Crippen LogP contribution < -0.4 is 11.0 Å². The van der Waals surface area contributed by atoms with Crippen molar-refractivity contribution in [1.82, 2.24) is 9.97 Å². The van der Waals surface area contributed by atoms with Crippen molar-refractivity contribution in [2.45, 2.75) is 39.5 Å². The van der Waals surface area contributed by atoms with E-state index in [1.54, 1.807) is 0 Å². The molecule has 0 saturated heterocycles. The van der Waals surface area contributed by atoms with Gasteiger partial charge >= 0.3 is 0 Å². The van der Waals surface area contributed by atoms with Gasteiger partial charge in [-0.25, -0.2) is 10.4 Å². The van der Waals surface area contributed by atoms with E-state index in [1.807, 2.05) is 37.3 Å². The van der Waals surface area contributed by atoms with Gasteiger partial charge in [0, 0.05) is 11.6 Å². The van der Waals surface area contributed by atoms with Crippen molar-refractivity contribution in [2.75, 3.05) is 5.43 Å². The molecule has 28 heavy (non-hydrogen) atoms. The lowest BCUT2D eigenvalue weighted by Gasteiger charge is -2.06. The summed E-state index contributed by atoms with van der Waals surface area (Å²) in [5.41, 5.74) is 7.35. The zero-order valence-corrected chi connectivity index (χ0v) is 16.4. The average molecular weight is 374 g/mol. The number of H-pyrrole nitrogens is 1. The second kappa shape index (κ2) is 9.65. The van der Waals surface area contributed by atoms with Crippen molar-refractivity contribution in [3.05, 3.63) is 82.1 Å². The first kappa shape index (κ1) is 19.5. The van der Waals surface area contributed by atoms with Gasteiger partial charge in [0.1, 0.15) is 0 Å². The van der Waals surface area contributed by atoms with Crippen LogP contribution in [0.25, 0.3) is 11.3 Å². The Morgan fingerprint density at radius 3 is 2.54 bits per heavy atom. The fourth-order valence-corrected chi connectivity index (χ4v) is 2.96. The first-order chi connectivity index (χ1) is 13.7. The van der Waals surface area contributed by atoms with Gasteiger partial charge in [-0.3, -0.25) is 9.78 Å². The monoisotopic (exact) mass is 374 g/mol. The van der Waals surface area contributed by atoms with Crippen LogP contribution in [-0.4, -0.2) is 15.7 Å². The third-order valence-electron chi connectivity index (χ3n) is 4.58. The van der Waals surface area contributed by atoms with Crippen LogP contribution in [0.1, 0.15) is 44.2 Å². The quantitative estimate of drug-likeness (QED) is 0.331. The van der Waals surface area contributed by atoms with E-state index in [1.165, 1.54) is 30.9 Å². The maximum absolute atomic E-state index is 12.0. The molecule has 1 aromatic heterocycles.